The normalized spacial score (nSPS) is 11.0. The Labute approximate surface area is 210 Å². The van der Waals surface area contributed by atoms with Gasteiger partial charge in [0.2, 0.25) is 0 Å². The number of anilines is 2. The number of esters is 1. The highest BCUT2D eigenvalue weighted by Crippen LogP contribution is 2.36. The molecule has 180 valence electrons. The summed E-state index contributed by atoms with van der Waals surface area (Å²) in [5.74, 6) is -1.10. The van der Waals surface area contributed by atoms with Gasteiger partial charge in [-0.05, 0) is 57.0 Å². The minimum Gasteiger partial charge on any atom is -0.462 e. The van der Waals surface area contributed by atoms with Gasteiger partial charge in [-0.2, -0.15) is 5.26 Å². The van der Waals surface area contributed by atoms with Crippen LogP contribution in [0.25, 0.3) is 17.2 Å². The first-order valence-corrected chi connectivity index (χ1v) is 12.4. The zero-order valence-corrected chi connectivity index (χ0v) is 21.2. The van der Waals surface area contributed by atoms with E-state index in [1.54, 1.807) is 13.0 Å². The first-order valence-electron chi connectivity index (χ1n) is 11.6. The fourth-order valence-electron chi connectivity index (χ4n) is 3.66. The summed E-state index contributed by atoms with van der Waals surface area (Å²) in [6, 6.07) is 17.4. The van der Waals surface area contributed by atoms with Crippen LogP contribution in [0.15, 0.2) is 59.5 Å². The van der Waals surface area contributed by atoms with Crippen molar-refractivity contribution < 1.29 is 14.3 Å². The van der Waals surface area contributed by atoms with Crippen LogP contribution in [0.1, 0.15) is 42.3 Å². The molecule has 1 N–H and O–H groups in total. The number of hydrogen-bond donors (Lipinski definition) is 1. The smallest absolute Gasteiger partial charge is 0.341 e. The predicted octanol–water partition coefficient (Wildman–Crippen LogP) is 6.29. The van der Waals surface area contributed by atoms with Gasteiger partial charge in [0.05, 0.1) is 6.61 Å². The van der Waals surface area contributed by atoms with E-state index >= 15 is 0 Å². The number of carbonyl (C=O) groups excluding carboxylic acids is 2. The highest BCUT2D eigenvalue weighted by molar-refractivity contribution is 7.15. The average Bonchev–Trinajstić information content (AvgIpc) is 3.28. The van der Waals surface area contributed by atoms with Gasteiger partial charge in [0.15, 0.2) is 0 Å². The van der Waals surface area contributed by atoms with Crippen molar-refractivity contribution in [2.45, 2.75) is 27.7 Å². The van der Waals surface area contributed by atoms with Gasteiger partial charge in [-0.25, -0.2) is 4.79 Å². The summed E-state index contributed by atoms with van der Waals surface area (Å²) < 4.78 is 5.26. The largest absolute Gasteiger partial charge is 0.462 e. The molecule has 0 bridgehead atoms. The summed E-state index contributed by atoms with van der Waals surface area (Å²) in [4.78, 5) is 28.0. The van der Waals surface area contributed by atoms with Crippen molar-refractivity contribution in [2.24, 2.45) is 0 Å². The highest BCUT2D eigenvalue weighted by Gasteiger charge is 2.23. The second-order valence-corrected chi connectivity index (χ2v) is 8.71. The zero-order chi connectivity index (χ0) is 25.4. The Morgan fingerprint density at radius 1 is 1.06 bits per heavy atom. The van der Waals surface area contributed by atoms with Crippen molar-refractivity contribution in [3.63, 3.8) is 0 Å². The van der Waals surface area contributed by atoms with Crippen LogP contribution in [-0.2, 0) is 9.53 Å². The molecule has 3 rings (SSSR count). The molecule has 0 spiro atoms. The van der Waals surface area contributed by atoms with E-state index in [1.807, 2.05) is 66.9 Å². The van der Waals surface area contributed by atoms with Crippen LogP contribution in [0.3, 0.4) is 0 Å². The number of benzene rings is 2. The molecular weight excluding hydrogens is 458 g/mol. The number of thiophene rings is 1. The molecule has 1 aromatic heterocycles. The number of ether oxygens (including phenoxy) is 1. The molecule has 0 saturated carbocycles. The van der Waals surface area contributed by atoms with E-state index in [0.717, 1.165) is 35.5 Å². The molecule has 2 aromatic carbocycles. The lowest BCUT2D eigenvalue weighted by Crippen LogP contribution is -2.21. The Hall–Kier alpha value is -3.89. The Morgan fingerprint density at radius 3 is 2.29 bits per heavy atom. The van der Waals surface area contributed by atoms with Crippen LogP contribution < -0.4 is 10.2 Å². The van der Waals surface area contributed by atoms with Crippen LogP contribution >= 0.6 is 11.3 Å². The SMILES string of the molecule is CCOC(=O)c1c(-c2ccc(C)cc2)csc1NC(=O)/C(C#N)=C/c1ccc(N(CC)CC)cc1. The number of aryl methyl sites for hydroxylation is 1. The van der Waals surface area contributed by atoms with E-state index in [-0.39, 0.29) is 17.7 Å². The van der Waals surface area contributed by atoms with E-state index in [2.05, 4.69) is 24.1 Å². The van der Waals surface area contributed by atoms with Crippen LogP contribution in [0.4, 0.5) is 10.7 Å². The molecule has 0 radical (unpaired) electrons. The molecular formula is C28H29N3O3S. The van der Waals surface area contributed by atoms with Gasteiger partial charge in [-0.15, -0.1) is 11.3 Å². The highest BCUT2D eigenvalue weighted by atomic mass is 32.1. The molecule has 6 nitrogen and oxygen atoms in total. The number of rotatable bonds is 9. The van der Waals surface area contributed by atoms with E-state index < -0.39 is 11.9 Å². The van der Waals surface area contributed by atoms with Gasteiger partial charge >= 0.3 is 5.97 Å². The number of nitrogens with one attached hydrogen (secondary N) is 1. The topological polar surface area (TPSA) is 82.4 Å². The van der Waals surface area contributed by atoms with Gasteiger partial charge in [-0.3, -0.25) is 4.79 Å². The van der Waals surface area contributed by atoms with Gasteiger partial charge in [0, 0.05) is 29.7 Å². The first kappa shape index (κ1) is 25.7. The van der Waals surface area contributed by atoms with Crippen LogP contribution in [0, 0.1) is 18.3 Å². The summed E-state index contributed by atoms with van der Waals surface area (Å²) in [5, 5.41) is 14.6. The summed E-state index contributed by atoms with van der Waals surface area (Å²) in [5.41, 5.74) is 4.68. The number of nitrogens with zero attached hydrogens (tertiary/aromatic N) is 2. The lowest BCUT2D eigenvalue weighted by Gasteiger charge is -2.20. The predicted molar refractivity (Wildman–Crippen MR) is 143 cm³/mol. The summed E-state index contributed by atoms with van der Waals surface area (Å²) >= 11 is 1.23. The van der Waals surface area contributed by atoms with E-state index in [9.17, 15) is 14.9 Å². The van der Waals surface area contributed by atoms with Crippen molar-refractivity contribution in [3.8, 4) is 17.2 Å². The third kappa shape index (κ3) is 6.17. The van der Waals surface area contributed by atoms with Crippen molar-refractivity contribution >= 4 is 40.0 Å². The molecule has 7 heteroatoms. The van der Waals surface area contributed by atoms with Crippen molar-refractivity contribution in [3.05, 3.63) is 76.2 Å². The third-order valence-electron chi connectivity index (χ3n) is 5.56. The summed E-state index contributed by atoms with van der Waals surface area (Å²) in [6.45, 7) is 9.90. The van der Waals surface area contributed by atoms with Crippen molar-refractivity contribution in [2.75, 3.05) is 29.9 Å². The average molecular weight is 488 g/mol. The first-order chi connectivity index (χ1) is 16.9. The maximum Gasteiger partial charge on any atom is 0.341 e. The molecule has 1 heterocycles. The third-order valence-corrected chi connectivity index (χ3v) is 6.45. The molecule has 1 amide bonds. The molecule has 0 aliphatic heterocycles. The van der Waals surface area contributed by atoms with Crippen LogP contribution in [0.5, 0.6) is 0 Å². The molecule has 0 unspecified atom stereocenters. The summed E-state index contributed by atoms with van der Waals surface area (Å²) in [7, 11) is 0. The minimum absolute atomic E-state index is 0.0549. The molecule has 0 aliphatic rings. The van der Waals surface area contributed by atoms with Gasteiger partial charge < -0.3 is 15.0 Å². The molecule has 0 fully saturated rings. The van der Waals surface area contributed by atoms with Gasteiger partial charge in [-0.1, -0.05) is 42.0 Å². The number of carbonyl (C=O) groups is 2. The quantitative estimate of drug-likeness (QED) is 0.218. The molecule has 3 aromatic rings. The molecule has 0 atom stereocenters. The van der Waals surface area contributed by atoms with Crippen molar-refractivity contribution in [1.82, 2.24) is 0 Å². The zero-order valence-electron chi connectivity index (χ0n) is 20.4. The van der Waals surface area contributed by atoms with E-state index in [1.165, 1.54) is 11.3 Å². The number of nitriles is 1. The Morgan fingerprint density at radius 2 is 1.71 bits per heavy atom. The minimum atomic E-state index is -0.580. The second kappa shape index (κ2) is 12.0. The number of amides is 1. The lowest BCUT2D eigenvalue weighted by molar-refractivity contribution is -0.112. The number of hydrogen-bond acceptors (Lipinski definition) is 6. The van der Waals surface area contributed by atoms with Crippen LogP contribution in [-0.4, -0.2) is 31.6 Å². The fourth-order valence-corrected chi connectivity index (χ4v) is 4.61. The Balaban J connectivity index is 1.89. The standard InChI is InChI=1S/C28H29N3O3S/c1-5-31(6-2)23-14-10-20(11-15-23)16-22(17-29)26(32)30-27-25(28(33)34-7-3)24(18-35-27)21-12-8-19(4)9-13-21/h8-16,18H,5-7H2,1-4H3,(H,30,32)/b22-16+. The van der Waals surface area contributed by atoms with Gasteiger partial charge in [0.1, 0.15) is 22.2 Å². The lowest BCUT2D eigenvalue weighted by atomic mass is 10.0. The fraction of sp³-hybridized carbons (Fsp3) is 0.250. The Bertz CT molecular complexity index is 1250. The monoisotopic (exact) mass is 487 g/mol. The van der Waals surface area contributed by atoms with E-state index in [4.69, 9.17) is 4.74 Å². The van der Waals surface area contributed by atoms with E-state index in [0.29, 0.717) is 10.6 Å². The molecule has 0 saturated heterocycles. The molecule has 0 aliphatic carbocycles. The maximum atomic E-state index is 13.0. The van der Waals surface area contributed by atoms with Gasteiger partial charge in [0.25, 0.3) is 5.91 Å². The Kier molecular flexibility index (Phi) is 8.82. The molecule has 35 heavy (non-hydrogen) atoms. The van der Waals surface area contributed by atoms with Crippen molar-refractivity contribution in [1.29, 1.82) is 5.26 Å². The maximum absolute atomic E-state index is 13.0. The second-order valence-electron chi connectivity index (χ2n) is 7.83. The summed E-state index contributed by atoms with van der Waals surface area (Å²) in [6.07, 6.45) is 1.54. The van der Waals surface area contributed by atoms with Crippen LogP contribution in [0.2, 0.25) is 0 Å².